The maximum atomic E-state index is 4.67. The molecule has 5 rings (SSSR count). The van der Waals surface area contributed by atoms with Gasteiger partial charge in [0.25, 0.3) is 0 Å². The van der Waals surface area contributed by atoms with Gasteiger partial charge in [-0.25, -0.2) is 4.98 Å². The van der Waals surface area contributed by atoms with E-state index in [4.69, 9.17) is 0 Å². The van der Waals surface area contributed by atoms with E-state index in [9.17, 15) is 0 Å². The van der Waals surface area contributed by atoms with Crippen molar-refractivity contribution in [3.05, 3.63) is 160 Å². The molecule has 5 heterocycles. The van der Waals surface area contributed by atoms with Crippen LogP contribution in [0.25, 0.3) is 21.3 Å². The number of H-pyrrole nitrogens is 1. The molecule has 0 radical (unpaired) electrons. The van der Waals surface area contributed by atoms with Crippen LogP contribution in [0.4, 0.5) is 0 Å². The maximum absolute atomic E-state index is 4.67. The molecule has 0 bridgehead atoms. The van der Waals surface area contributed by atoms with Gasteiger partial charge in [-0.3, -0.25) is 0 Å². The number of nitrogens with one attached hydrogen (secondary N) is 1. The van der Waals surface area contributed by atoms with Gasteiger partial charge in [0.2, 0.25) is 0 Å². The van der Waals surface area contributed by atoms with Gasteiger partial charge in [-0.15, -0.1) is 0 Å². The summed E-state index contributed by atoms with van der Waals surface area (Å²) in [7, 11) is 12.9. The van der Waals surface area contributed by atoms with Crippen LogP contribution in [0.3, 0.4) is 0 Å². The van der Waals surface area contributed by atoms with E-state index in [1.54, 1.807) is 43.5 Å². The standard InChI is InChI=1S/2C10H8N2.C3H4N2.Cl2.ClH.Os/c2*1-3-7-11-9(5-1)10-6-2-4-8-12-10;1-2-5-3-4-1;1-2;;/h2*1-8H;1-3H,(H,4,5);;1H;/q2*-2;;;;+1/p-1. The molecule has 0 amide bonds. The van der Waals surface area contributed by atoms with Crippen LogP contribution in [0.15, 0.2) is 139 Å². The van der Waals surface area contributed by atoms with Gasteiger partial charge in [0.05, 0.1) is 6.33 Å². The molecule has 0 unspecified atom stereocenters. The largest absolute Gasteiger partial charge is 0.351 e. The second kappa shape index (κ2) is 20.0. The van der Waals surface area contributed by atoms with E-state index in [2.05, 4.69) is 62.6 Å². The van der Waals surface area contributed by atoms with Crippen molar-refractivity contribution in [2.24, 2.45) is 0 Å². The van der Waals surface area contributed by atoms with Gasteiger partial charge >= 0.3 is 27.2 Å². The fourth-order valence-electron chi connectivity index (χ4n) is 2.27. The fourth-order valence-corrected chi connectivity index (χ4v) is 2.27. The first kappa shape index (κ1) is 28.3. The number of aromatic nitrogens is 2. The van der Waals surface area contributed by atoms with Crippen molar-refractivity contribution >= 4 is 31.3 Å². The summed E-state index contributed by atoms with van der Waals surface area (Å²) in [4.78, 5) is 6.42. The Hall–Kier alpha value is -2.68. The van der Waals surface area contributed by atoms with E-state index >= 15 is 0 Å². The zero-order valence-corrected chi connectivity index (χ0v) is 22.0. The van der Waals surface area contributed by atoms with Crippen LogP contribution in [0.5, 0.6) is 0 Å². The second-order valence-electron chi connectivity index (χ2n) is 5.62. The third-order valence-corrected chi connectivity index (χ3v) is 3.59. The van der Waals surface area contributed by atoms with Crippen LogP contribution < -0.4 is 0 Å². The molecule has 0 atom stereocenters. The van der Waals surface area contributed by atoms with Crippen LogP contribution in [0, 0.1) is 0 Å². The summed E-state index contributed by atoms with van der Waals surface area (Å²) in [6.45, 7) is 0. The molecule has 1 aromatic heterocycles. The molecule has 175 valence electrons. The summed E-state index contributed by atoms with van der Waals surface area (Å²) >= 11 is 1.33. The average molecular weight is 677 g/mol. The van der Waals surface area contributed by atoms with Crippen LogP contribution in [-0.4, -0.2) is 9.97 Å². The van der Waals surface area contributed by atoms with Crippen molar-refractivity contribution in [1.82, 2.24) is 9.97 Å². The summed E-state index contributed by atoms with van der Waals surface area (Å²) in [6.07, 6.45) is 35.3. The van der Waals surface area contributed by atoms with E-state index in [0.717, 1.165) is 22.8 Å². The molecule has 0 spiro atoms. The Bertz CT molecular complexity index is 821. The van der Waals surface area contributed by atoms with Gasteiger partial charge in [-0.2, -0.15) is 47.6 Å². The Kier molecular flexibility index (Phi) is 17.1. The van der Waals surface area contributed by atoms with Gasteiger partial charge in [-0.1, -0.05) is 72.9 Å². The van der Waals surface area contributed by atoms with Gasteiger partial charge in [-0.05, 0) is 0 Å². The van der Waals surface area contributed by atoms with Gasteiger partial charge in [0.1, 0.15) is 0 Å². The van der Waals surface area contributed by atoms with E-state index in [0.29, 0.717) is 0 Å². The summed E-state index contributed by atoms with van der Waals surface area (Å²) < 4.78 is 0. The molecule has 0 aliphatic carbocycles. The summed E-state index contributed by atoms with van der Waals surface area (Å²) in [5.41, 5.74) is 3.66. The Morgan fingerprint density at radius 3 is 1.06 bits per heavy atom. The minimum absolute atomic E-state index is 0.915. The fraction of sp³-hybridized carbons (Fsp3) is 0. The SMILES string of the molecule is C1=C[N-]C(=C2C=CC=C[N-]2)C=C1.C1=C[N-]C(=C2C=CC=C[N-]2)C=C1.ClCl.[Cl][Os].c1c[nH]cn1. The van der Waals surface area contributed by atoms with Crippen LogP contribution in [0.1, 0.15) is 0 Å². The molecule has 33 heavy (non-hydrogen) atoms. The monoisotopic (exact) mass is 677 g/mol. The number of rotatable bonds is 0. The molecule has 10 heteroatoms. The Labute approximate surface area is 218 Å². The van der Waals surface area contributed by atoms with Gasteiger partial charge < -0.3 is 26.3 Å². The predicted molar refractivity (Wildman–Crippen MR) is 137 cm³/mol. The molecule has 4 aliphatic rings. The Balaban J connectivity index is 0.000000244. The smallest absolute Gasteiger partial charge is 0.0919 e. The zero-order chi connectivity index (χ0) is 24.0. The molecule has 4 aliphatic heterocycles. The number of nitrogens with zero attached hydrogens (tertiary/aromatic N) is 5. The van der Waals surface area contributed by atoms with Crippen molar-refractivity contribution in [2.75, 3.05) is 0 Å². The molecule has 1 N–H and O–H groups in total. The van der Waals surface area contributed by atoms with Crippen LogP contribution >= 0.6 is 31.3 Å². The minimum Gasteiger partial charge on any atom is -0.351 e. The Morgan fingerprint density at radius 2 is 0.909 bits per heavy atom. The molecule has 1 aromatic rings. The summed E-state index contributed by atoms with van der Waals surface area (Å²) in [5.74, 6) is 0. The van der Waals surface area contributed by atoms with Crippen molar-refractivity contribution in [1.29, 1.82) is 0 Å². The van der Waals surface area contributed by atoms with Gasteiger partial charge in [0.15, 0.2) is 0 Å². The van der Waals surface area contributed by atoms with Crippen LogP contribution in [0.2, 0.25) is 0 Å². The third kappa shape index (κ3) is 12.2. The van der Waals surface area contributed by atoms with Crippen LogP contribution in [-0.2, 0) is 17.6 Å². The maximum Gasteiger partial charge on any atom is 0.0919 e. The van der Waals surface area contributed by atoms with Gasteiger partial charge in [0, 0.05) is 34.1 Å². The molecular weight excluding hydrogens is 657 g/mol. The molecule has 0 fully saturated rings. The number of hydrogen-bond acceptors (Lipinski definition) is 1. The van der Waals surface area contributed by atoms with Crippen molar-refractivity contribution in [3.8, 4) is 0 Å². The number of aromatic amines is 1. The average Bonchev–Trinajstić information content (AvgIpc) is 3.54. The molecule has 0 saturated carbocycles. The molecule has 6 nitrogen and oxygen atoms in total. The first-order valence-electron chi connectivity index (χ1n) is 9.29. The first-order chi connectivity index (χ1) is 16.4. The predicted octanol–water partition coefficient (Wildman–Crippen LogP) is 8.70. The minimum atomic E-state index is 0.915. The van der Waals surface area contributed by atoms with E-state index in [-0.39, 0.29) is 0 Å². The quantitative estimate of drug-likeness (QED) is 0.293. The van der Waals surface area contributed by atoms with Crippen molar-refractivity contribution in [3.63, 3.8) is 0 Å². The third-order valence-electron chi connectivity index (χ3n) is 3.59. The van der Waals surface area contributed by atoms with E-state index in [1.165, 1.54) is 17.6 Å². The molecule has 0 saturated heterocycles. The number of allylic oxidation sites excluding steroid dienone is 12. The normalized spacial score (nSPS) is 20.0. The molecule has 0 aromatic carbocycles. The Morgan fingerprint density at radius 1 is 0.576 bits per heavy atom. The second-order valence-corrected chi connectivity index (χ2v) is 5.62. The molecular formula is C23H20Cl3N6Os-4. The van der Waals surface area contributed by atoms with E-state index in [1.807, 2.05) is 72.9 Å². The van der Waals surface area contributed by atoms with E-state index < -0.39 is 0 Å². The topological polar surface area (TPSA) is 85.1 Å². The number of hydrogen-bond donors (Lipinski definition) is 1. The number of imidazole rings is 1. The summed E-state index contributed by atoms with van der Waals surface area (Å²) in [6, 6.07) is 0. The van der Waals surface area contributed by atoms with Crippen molar-refractivity contribution in [2.45, 2.75) is 0 Å². The first-order valence-corrected chi connectivity index (χ1v) is 13.6. The van der Waals surface area contributed by atoms with Crippen molar-refractivity contribution < 1.29 is 17.6 Å². The zero-order valence-electron chi connectivity index (χ0n) is 17.2. The number of halogens is 3. The summed E-state index contributed by atoms with van der Waals surface area (Å²) in [5, 5.41) is 16.7.